The lowest BCUT2D eigenvalue weighted by Crippen LogP contribution is -2.30. The number of halogens is 2. The van der Waals surface area contributed by atoms with Crippen LogP contribution in [0.4, 0.5) is 0 Å². The highest BCUT2D eigenvalue weighted by molar-refractivity contribution is 7.89. The third-order valence-electron chi connectivity index (χ3n) is 1.90. The fourth-order valence-corrected chi connectivity index (χ4v) is 3.24. The number of hydrogen-bond donors (Lipinski definition) is 1. The van der Waals surface area contributed by atoms with Gasteiger partial charge in [-0.15, -0.1) is 0 Å². The third-order valence-corrected chi connectivity index (χ3v) is 4.42. The van der Waals surface area contributed by atoms with Gasteiger partial charge in [-0.2, -0.15) is 0 Å². The SMILES string of the molecule is Cc1cc(Cl)c(Cl)cc1S(=O)(=O)NC(C)C. The van der Waals surface area contributed by atoms with Gasteiger partial charge in [0.1, 0.15) is 0 Å². The van der Waals surface area contributed by atoms with Gasteiger partial charge < -0.3 is 0 Å². The molecule has 0 radical (unpaired) electrons. The van der Waals surface area contributed by atoms with E-state index in [9.17, 15) is 8.42 Å². The Morgan fingerprint density at radius 3 is 2.19 bits per heavy atom. The second-order valence-electron chi connectivity index (χ2n) is 3.81. The van der Waals surface area contributed by atoms with Crippen LogP contribution < -0.4 is 4.72 Å². The summed E-state index contributed by atoms with van der Waals surface area (Å²) < 4.78 is 26.3. The largest absolute Gasteiger partial charge is 0.241 e. The third kappa shape index (κ3) is 3.10. The lowest BCUT2D eigenvalue weighted by Gasteiger charge is -2.12. The highest BCUT2D eigenvalue weighted by atomic mass is 35.5. The Morgan fingerprint density at radius 1 is 1.19 bits per heavy atom. The van der Waals surface area contributed by atoms with E-state index in [2.05, 4.69) is 4.72 Å². The summed E-state index contributed by atoms with van der Waals surface area (Å²) in [7, 11) is -3.52. The van der Waals surface area contributed by atoms with E-state index in [-0.39, 0.29) is 16.0 Å². The van der Waals surface area contributed by atoms with Crippen molar-refractivity contribution < 1.29 is 8.42 Å². The van der Waals surface area contributed by atoms with E-state index < -0.39 is 10.0 Å². The Hall–Kier alpha value is -0.290. The highest BCUT2D eigenvalue weighted by Crippen LogP contribution is 2.28. The summed E-state index contributed by atoms with van der Waals surface area (Å²) in [6.45, 7) is 5.19. The molecule has 0 saturated carbocycles. The van der Waals surface area contributed by atoms with Crippen LogP contribution in [0.5, 0.6) is 0 Å². The first kappa shape index (κ1) is 13.8. The summed E-state index contributed by atoms with van der Waals surface area (Å²) in [5, 5.41) is 0.582. The minimum Gasteiger partial charge on any atom is -0.209 e. The van der Waals surface area contributed by atoms with E-state index in [1.165, 1.54) is 6.07 Å². The molecule has 0 aliphatic rings. The molecule has 6 heteroatoms. The molecule has 0 bridgehead atoms. The molecule has 1 rings (SSSR count). The van der Waals surface area contributed by atoms with Gasteiger partial charge in [0.05, 0.1) is 14.9 Å². The van der Waals surface area contributed by atoms with Crippen LogP contribution in [0.3, 0.4) is 0 Å². The molecule has 16 heavy (non-hydrogen) atoms. The average Bonchev–Trinajstić information content (AvgIpc) is 2.08. The van der Waals surface area contributed by atoms with Crippen LogP contribution in [0.15, 0.2) is 17.0 Å². The zero-order valence-electron chi connectivity index (χ0n) is 9.21. The number of hydrogen-bond acceptors (Lipinski definition) is 2. The molecule has 0 fully saturated rings. The van der Waals surface area contributed by atoms with E-state index in [1.54, 1.807) is 26.8 Å². The minimum absolute atomic E-state index is 0.163. The summed E-state index contributed by atoms with van der Waals surface area (Å²) in [6.07, 6.45) is 0. The Morgan fingerprint density at radius 2 is 1.69 bits per heavy atom. The van der Waals surface area contributed by atoms with Crippen molar-refractivity contribution in [2.75, 3.05) is 0 Å². The molecule has 0 amide bonds. The maximum Gasteiger partial charge on any atom is 0.241 e. The molecule has 1 aromatic carbocycles. The number of rotatable bonds is 3. The van der Waals surface area contributed by atoms with Crippen molar-refractivity contribution in [3.63, 3.8) is 0 Å². The molecule has 3 nitrogen and oxygen atoms in total. The molecule has 0 aromatic heterocycles. The smallest absolute Gasteiger partial charge is 0.209 e. The monoisotopic (exact) mass is 281 g/mol. The Balaban J connectivity index is 3.29. The fourth-order valence-electron chi connectivity index (χ4n) is 1.29. The van der Waals surface area contributed by atoms with E-state index in [4.69, 9.17) is 23.2 Å². The first-order valence-electron chi connectivity index (χ1n) is 4.72. The second-order valence-corrected chi connectivity index (χ2v) is 6.30. The van der Waals surface area contributed by atoms with Gasteiger partial charge in [0.25, 0.3) is 0 Å². The van der Waals surface area contributed by atoms with Crippen LogP contribution in [0, 0.1) is 6.92 Å². The maximum absolute atomic E-state index is 11.9. The van der Waals surface area contributed by atoms with Gasteiger partial charge in [0.15, 0.2) is 0 Å². The predicted molar refractivity (Wildman–Crippen MR) is 66.7 cm³/mol. The van der Waals surface area contributed by atoms with Crippen molar-refractivity contribution in [1.29, 1.82) is 0 Å². The van der Waals surface area contributed by atoms with Crippen molar-refractivity contribution in [2.24, 2.45) is 0 Å². The number of nitrogens with one attached hydrogen (secondary N) is 1. The van der Waals surface area contributed by atoms with Crippen LogP contribution in [0.25, 0.3) is 0 Å². The summed E-state index contributed by atoms with van der Waals surface area (Å²) in [5.74, 6) is 0. The van der Waals surface area contributed by atoms with Gasteiger partial charge in [-0.25, -0.2) is 13.1 Å². The van der Waals surface area contributed by atoms with Gasteiger partial charge in [-0.3, -0.25) is 0 Å². The molecule has 1 N–H and O–H groups in total. The Bertz CT molecular complexity index is 498. The number of aryl methyl sites for hydroxylation is 1. The van der Waals surface area contributed by atoms with E-state index >= 15 is 0 Å². The minimum atomic E-state index is -3.52. The van der Waals surface area contributed by atoms with E-state index in [0.717, 1.165) is 0 Å². The van der Waals surface area contributed by atoms with Gasteiger partial charge >= 0.3 is 0 Å². The number of benzene rings is 1. The summed E-state index contributed by atoms with van der Waals surface area (Å²) in [6, 6.07) is 2.74. The summed E-state index contributed by atoms with van der Waals surface area (Å²) in [5.41, 5.74) is 0.572. The molecule has 90 valence electrons. The molecule has 0 heterocycles. The molecular weight excluding hydrogens is 269 g/mol. The number of sulfonamides is 1. The second kappa shape index (κ2) is 4.92. The fraction of sp³-hybridized carbons (Fsp3) is 0.400. The molecule has 0 aliphatic carbocycles. The first-order chi connectivity index (χ1) is 7.24. The van der Waals surface area contributed by atoms with Crippen LogP contribution >= 0.6 is 23.2 Å². The predicted octanol–water partition coefficient (Wildman–Crippen LogP) is 2.99. The van der Waals surface area contributed by atoms with E-state index in [1.807, 2.05) is 0 Å². The van der Waals surface area contributed by atoms with E-state index in [0.29, 0.717) is 10.6 Å². The standard InChI is InChI=1S/C10H13Cl2NO2S/c1-6(2)13-16(14,15)10-5-9(12)8(11)4-7(10)3/h4-6,13H,1-3H3. The maximum atomic E-state index is 11.9. The zero-order chi connectivity index (χ0) is 12.5. The molecule has 0 aliphatic heterocycles. The lowest BCUT2D eigenvalue weighted by molar-refractivity contribution is 0.569. The first-order valence-corrected chi connectivity index (χ1v) is 6.96. The normalized spacial score (nSPS) is 12.1. The van der Waals surface area contributed by atoms with Crippen LogP contribution in [-0.4, -0.2) is 14.5 Å². The summed E-state index contributed by atoms with van der Waals surface area (Å²) in [4.78, 5) is 0.163. The van der Waals surface area contributed by atoms with Gasteiger partial charge in [-0.1, -0.05) is 23.2 Å². The van der Waals surface area contributed by atoms with Crippen molar-refractivity contribution in [1.82, 2.24) is 4.72 Å². The van der Waals surface area contributed by atoms with Crippen LogP contribution in [0.1, 0.15) is 19.4 Å². The van der Waals surface area contributed by atoms with Crippen LogP contribution in [0.2, 0.25) is 10.0 Å². The van der Waals surface area contributed by atoms with Crippen molar-refractivity contribution in [2.45, 2.75) is 31.7 Å². The zero-order valence-corrected chi connectivity index (χ0v) is 11.5. The molecule has 1 aromatic rings. The Kier molecular flexibility index (Phi) is 4.23. The Labute approximate surface area is 106 Å². The molecule has 0 saturated heterocycles. The van der Waals surface area contributed by atoms with Gasteiger partial charge in [0.2, 0.25) is 10.0 Å². The van der Waals surface area contributed by atoms with Gasteiger partial charge in [0, 0.05) is 6.04 Å². The molecule has 0 spiro atoms. The van der Waals surface area contributed by atoms with Crippen molar-refractivity contribution in [3.8, 4) is 0 Å². The van der Waals surface area contributed by atoms with Crippen molar-refractivity contribution in [3.05, 3.63) is 27.7 Å². The lowest BCUT2D eigenvalue weighted by atomic mass is 10.2. The highest BCUT2D eigenvalue weighted by Gasteiger charge is 2.19. The quantitative estimate of drug-likeness (QED) is 0.926. The molecule has 0 atom stereocenters. The molecule has 0 unspecified atom stereocenters. The summed E-state index contributed by atoms with van der Waals surface area (Å²) >= 11 is 11.6. The van der Waals surface area contributed by atoms with Gasteiger partial charge in [-0.05, 0) is 38.5 Å². The topological polar surface area (TPSA) is 46.2 Å². The van der Waals surface area contributed by atoms with Crippen LogP contribution in [-0.2, 0) is 10.0 Å². The average molecular weight is 282 g/mol. The molecular formula is C10H13Cl2NO2S. The van der Waals surface area contributed by atoms with Crippen molar-refractivity contribution >= 4 is 33.2 Å².